The van der Waals surface area contributed by atoms with Gasteiger partial charge in [0.05, 0.1) is 24.4 Å². The Hall–Kier alpha value is -2.86. The third-order valence-corrected chi connectivity index (χ3v) is 5.51. The maximum Gasteiger partial charge on any atom is 0.174 e. The predicted octanol–water partition coefficient (Wildman–Crippen LogP) is 5.04. The third kappa shape index (κ3) is 3.85. The molecule has 1 aliphatic rings. The van der Waals surface area contributed by atoms with Crippen molar-refractivity contribution in [3.63, 3.8) is 0 Å². The molecule has 2 atom stereocenters. The number of nitrogens with zero attached hydrogens (tertiary/aromatic N) is 3. The van der Waals surface area contributed by atoms with E-state index in [0.717, 1.165) is 17.1 Å². The van der Waals surface area contributed by atoms with Crippen LogP contribution in [0.15, 0.2) is 67.1 Å². The normalized spacial score (nSPS) is 18.9. The van der Waals surface area contributed by atoms with Crippen molar-refractivity contribution in [3.05, 3.63) is 78.4 Å². The van der Waals surface area contributed by atoms with Gasteiger partial charge in [0, 0.05) is 30.3 Å². The van der Waals surface area contributed by atoms with Gasteiger partial charge in [0.15, 0.2) is 5.11 Å². The summed E-state index contributed by atoms with van der Waals surface area (Å²) in [6.07, 6.45) is 6.17. The van der Waals surface area contributed by atoms with Crippen LogP contribution < -0.4 is 15.0 Å². The molecule has 3 heterocycles. The second-order valence-electron chi connectivity index (χ2n) is 7.41. The van der Waals surface area contributed by atoms with Gasteiger partial charge in [-0.25, -0.2) is 0 Å². The molecule has 4 rings (SSSR count). The second kappa shape index (κ2) is 8.25. The number of aromatic nitrogens is 2. The standard InChI is InChI=1S/C23H26N4OS/c1-4-28-19-10-8-18(9-11-19)27-22(17-12-14-26(15-17)16(2)3)21(25-23(27)29)20-7-5-6-13-24-20/h5-16,21-22H,4H2,1-3H3,(H,25,29)/t21-,22-/m1/s1. The Kier molecular flexibility index (Phi) is 5.53. The van der Waals surface area contributed by atoms with Crippen molar-refractivity contribution < 1.29 is 4.74 Å². The van der Waals surface area contributed by atoms with E-state index >= 15 is 0 Å². The van der Waals surface area contributed by atoms with Gasteiger partial charge in [0.1, 0.15) is 5.75 Å². The van der Waals surface area contributed by atoms with Crippen LogP contribution in [0.1, 0.15) is 50.2 Å². The highest BCUT2D eigenvalue weighted by atomic mass is 32.1. The first kappa shape index (κ1) is 19.5. The van der Waals surface area contributed by atoms with Crippen molar-refractivity contribution in [2.75, 3.05) is 11.5 Å². The molecule has 1 N–H and O–H groups in total. The molecule has 3 aromatic rings. The lowest BCUT2D eigenvalue weighted by Gasteiger charge is -2.27. The molecular formula is C23H26N4OS. The fourth-order valence-electron chi connectivity index (χ4n) is 3.77. The highest BCUT2D eigenvalue weighted by molar-refractivity contribution is 7.80. The Labute approximate surface area is 177 Å². The number of ether oxygens (including phenoxy) is 1. The van der Waals surface area contributed by atoms with Gasteiger partial charge in [0.25, 0.3) is 0 Å². The quantitative estimate of drug-likeness (QED) is 0.581. The predicted molar refractivity (Wildman–Crippen MR) is 120 cm³/mol. The van der Waals surface area contributed by atoms with Crippen LogP contribution in [0.25, 0.3) is 0 Å². The maximum absolute atomic E-state index is 5.77. The molecule has 0 unspecified atom stereocenters. The summed E-state index contributed by atoms with van der Waals surface area (Å²) in [6.45, 7) is 7.00. The zero-order valence-electron chi connectivity index (χ0n) is 16.9. The van der Waals surface area contributed by atoms with E-state index in [9.17, 15) is 0 Å². The Morgan fingerprint density at radius 1 is 1.14 bits per heavy atom. The second-order valence-corrected chi connectivity index (χ2v) is 7.80. The molecule has 0 radical (unpaired) electrons. The van der Waals surface area contributed by atoms with E-state index in [1.165, 1.54) is 5.56 Å². The van der Waals surface area contributed by atoms with Crippen LogP contribution in [-0.4, -0.2) is 21.3 Å². The minimum Gasteiger partial charge on any atom is -0.494 e. The molecule has 1 aromatic carbocycles. The van der Waals surface area contributed by atoms with E-state index in [0.29, 0.717) is 17.8 Å². The minimum absolute atomic E-state index is 0.00958. The minimum atomic E-state index is -0.0294. The van der Waals surface area contributed by atoms with E-state index in [2.05, 4.69) is 70.3 Å². The number of rotatable bonds is 6. The average Bonchev–Trinajstić information content (AvgIpc) is 3.34. The summed E-state index contributed by atoms with van der Waals surface area (Å²) in [4.78, 5) is 6.79. The first-order valence-corrected chi connectivity index (χ1v) is 10.4. The Balaban J connectivity index is 1.76. The largest absolute Gasteiger partial charge is 0.494 e. The monoisotopic (exact) mass is 406 g/mol. The summed E-state index contributed by atoms with van der Waals surface area (Å²) < 4.78 is 7.83. The number of nitrogens with one attached hydrogen (secondary N) is 1. The van der Waals surface area contributed by atoms with Gasteiger partial charge in [0.2, 0.25) is 0 Å². The van der Waals surface area contributed by atoms with Crippen LogP contribution in [0.4, 0.5) is 5.69 Å². The summed E-state index contributed by atoms with van der Waals surface area (Å²) in [7, 11) is 0. The molecular weight excluding hydrogens is 380 g/mol. The topological polar surface area (TPSA) is 42.3 Å². The average molecular weight is 407 g/mol. The molecule has 150 valence electrons. The molecule has 6 heteroatoms. The summed E-state index contributed by atoms with van der Waals surface area (Å²) in [5, 5.41) is 4.20. The van der Waals surface area contributed by atoms with Crippen LogP contribution >= 0.6 is 12.2 Å². The smallest absolute Gasteiger partial charge is 0.174 e. The van der Waals surface area contributed by atoms with Gasteiger partial charge in [-0.15, -0.1) is 0 Å². The molecule has 0 aliphatic carbocycles. The van der Waals surface area contributed by atoms with Crippen LogP contribution in [-0.2, 0) is 0 Å². The van der Waals surface area contributed by atoms with Gasteiger partial charge in [-0.3, -0.25) is 4.98 Å². The highest BCUT2D eigenvalue weighted by Gasteiger charge is 2.41. The molecule has 0 amide bonds. The SMILES string of the molecule is CCOc1ccc(N2C(=S)N[C@H](c3ccccn3)[C@H]2c2ccn(C(C)C)c2)cc1. The number of hydrogen-bond acceptors (Lipinski definition) is 3. The van der Waals surface area contributed by atoms with Crippen LogP contribution in [0.5, 0.6) is 5.75 Å². The van der Waals surface area contributed by atoms with Crippen molar-refractivity contribution >= 4 is 23.0 Å². The van der Waals surface area contributed by atoms with Gasteiger partial charge in [-0.05, 0) is 81.0 Å². The van der Waals surface area contributed by atoms with E-state index in [-0.39, 0.29) is 12.1 Å². The molecule has 2 aromatic heterocycles. The van der Waals surface area contributed by atoms with Gasteiger partial charge in [-0.1, -0.05) is 6.07 Å². The van der Waals surface area contributed by atoms with Crippen molar-refractivity contribution in [2.24, 2.45) is 0 Å². The summed E-state index contributed by atoms with van der Waals surface area (Å²) in [5.41, 5.74) is 3.22. The highest BCUT2D eigenvalue weighted by Crippen LogP contribution is 2.42. The lowest BCUT2D eigenvalue weighted by Crippen LogP contribution is -2.29. The lowest BCUT2D eigenvalue weighted by atomic mass is 9.98. The number of benzene rings is 1. The Bertz CT molecular complexity index is 968. The first-order chi connectivity index (χ1) is 14.1. The molecule has 0 spiro atoms. The number of thiocarbonyl (C=S) groups is 1. The zero-order chi connectivity index (χ0) is 20.4. The number of hydrogen-bond donors (Lipinski definition) is 1. The lowest BCUT2D eigenvalue weighted by molar-refractivity contribution is 0.340. The van der Waals surface area contributed by atoms with Crippen molar-refractivity contribution in [3.8, 4) is 5.75 Å². The van der Waals surface area contributed by atoms with E-state index in [4.69, 9.17) is 17.0 Å². The molecule has 0 saturated carbocycles. The Morgan fingerprint density at radius 2 is 1.93 bits per heavy atom. The molecule has 1 saturated heterocycles. The van der Waals surface area contributed by atoms with Crippen molar-refractivity contribution in [2.45, 2.75) is 38.9 Å². The van der Waals surface area contributed by atoms with Crippen molar-refractivity contribution in [1.82, 2.24) is 14.9 Å². The van der Waals surface area contributed by atoms with Crippen LogP contribution in [0.2, 0.25) is 0 Å². The van der Waals surface area contributed by atoms with Gasteiger partial charge >= 0.3 is 0 Å². The first-order valence-electron chi connectivity index (χ1n) is 9.99. The third-order valence-electron chi connectivity index (χ3n) is 5.20. The fraction of sp³-hybridized carbons (Fsp3) is 0.304. The van der Waals surface area contributed by atoms with E-state index < -0.39 is 0 Å². The summed E-state index contributed by atoms with van der Waals surface area (Å²) in [5.74, 6) is 0.859. The number of pyridine rings is 1. The molecule has 1 fully saturated rings. The van der Waals surface area contributed by atoms with Gasteiger partial charge in [-0.2, -0.15) is 0 Å². The molecule has 29 heavy (non-hydrogen) atoms. The number of anilines is 1. The van der Waals surface area contributed by atoms with E-state index in [1.807, 2.05) is 37.4 Å². The van der Waals surface area contributed by atoms with Crippen LogP contribution in [0.3, 0.4) is 0 Å². The molecule has 5 nitrogen and oxygen atoms in total. The van der Waals surface area contributed by atoms with Crippen LogP contribution in [0, 0.1) is 0 Å². The maximum atomic E-state index is 5.77. The zero-order valence-corrected chi connectivity index (χ0v) is 17.8. The summed E-state index contributed by atoms with van der Waals surface area (Å²) in [6, 6.07) is 16.7. The molecule has 1 aliphatic heterocycles. The fourth-order valence-corrected chi connectivity index (χ4v) is 4.11. The summed E-state index contributed by atoms with van der Waals surface area (Å²) >= 11 is 5.77. The Morgan fingerprint density at radius 3 is 2.55 bits per heavy atom. The van der Waals surface area contributed by atoms with Gasteiger partial charge < -0.3 is 19.5 Å². The molecule has 0 bridgehead atoms. The van der Waals surface area contributed by atoms with Crippen molar-refractivity contribution in [1.29, 1.82) is 0 Å². The van der Waals surface area contributed by atoms with E-state index in [1.54, 1.807) is 0 Å².